The highest BCUT2D eigenvalue weighted by Crippen LogP contribution is 2.18. The quantitative estimate of drug-likeness (QED) is 0.732. The van der Waals surface area contributed by atoms with E-state index in [0.29, 0.717) is 0 Å². The fourth-order valence-corrected chi connectivity index (χ4v) is 2.22. The van der Waals surface area contributed by atoms with E-state index in [1.807, 2.05) is 6.92 Å². The lowest BCUT2D eigenvalue weighted by molar-refractivity contribution is -0.139. The minimum Gasteiger partial charge on any atom is -0.480 e. The molecule has 0 aliphatic heterocycles. The lowest BCUT2D eigenvalue weighted by Crippen LogP contribution is -2.40. The molecule has 72 valence electrons. The average molecular weight is 192 g/mol. The Bertz CT molecular complexity index is 198. The van der Waals surface area contributed by atoms with Gasteiger partial charge in [0.2, 0.25) is 0 Å². The summed E-state index contributed by atoms with van der Waals surface area (Å²) in [7, 11) is -1.30. The van der Waals surface area contributed by atoms with Crippen LogP contribution < -0.4 is 0 Å². The minimum atomic E-state index is -1.30. The van der Waals surface area contributed by atoms with Crippen molar-refractivity contribution in [3.8, 4) is 0 Å². The van der Waals surface area contributed by atoms with Gasteiger partial charge in [-0.1, -0.05) is 13.8 Å². The first-order valence-electron chi connectivity index (χ1n) is 3.98. The van der Waals surface area contributed by atoms with Gasteiger partial charge < -0.3 is 5.11 Å². The van der Waals surface area contributed by atoms with E-state index >= 15 is 0 Å². The molecule has 0 heterocycles. The zero-order chi connectivity index (χ0) is 9.94. The van der Waals surface area contributed by atoms with E-state index in [4.69, 9.17) is 5.11 Å². The van der Waals surface area contributed by atoms with Crippen LogP contribution in [0.15, 0.2) is 0 Å². The maximum Gasteiger partial charge on any atom is 0.321 e. The SMILES string of the molecule is CCC(C)S(=O)C(C)(C)C(=O)O. The summed E-state index contributed by atoms with van der Waals surface area (Å²) >= 11 is 0. The first-order chi connectivity index (χ1) is 5.34. The molecule has 1 N–H and O–H groups in total. The Labute approximate surface area is 75.6 Å². The van der Waals surface area contributed by atoms with Crippen molar-refractivity contribution in [2.75, 3.05) is 0 Å². The number of carboxylic acids is 1. The van der Waals surface area contributed by atoms with Gasteiger partial charge in [-0.05, 0) is 20.3 Å². The Morgan fingerprint density at radius 3 is 2.25 bits per heavy atom. The van der Waals surface area contributed by atoms with Crippen molar-refractivity contribution < 1.29 is 14.1 Å². The van der Waals surface area contributed by atoms with Crippen molar-refractivity contribution in [2.24, 2.45) is 0 Å². The van der Waals surface area contributed by atoms with E-state index in [9.17, 15) is 9.00 Å². The van der Waals surface area contributed by atoms with Gasteiger partial charge in [0.15, 0.2) is 0 Å². The summed E-state index contributed by atoms with van der Waals surface area (Å²) in [6.07, 6.45) is 0.739. The summed E-state index contributed by atoms with van der Waals surface area (Å²) in [6, 6.07) is 0. The molecule has 0 saturated heterocycles. The molecule has 0 spiro atoms. The summed E-state index contributed by atoms with van der Waals surface area (Å²) in [5, 5.41) is 8.70. The van der Waals surface area contributed by atoms with E-state index in [1.54, 1.807) is 6.92 Å². The molecule has 4 heteroatoms. The van der Waals surface area contributed by atoms with Crippen LogP contribution in [0.5, 0.6) is 0 Å². The number of hydrogen-bond donors (Lipinski definition) is 1. The van der Waals surface area contributed by atoms with Gasteiger partial charge in [0.1, 0.15) is 4.75 Å². The smallest absolute Gasteiger partial charge is 0.321 e. The highest BCUT2D eigenvalue weighted by Gasteiger charge is 2.36. The molecule has 0 radical (unpaired) electrons. The largest absolute Gasteiger partial charge is 0.480 e. The van der Waals surface area contributed by atoms with Crippen LogP contribution in [-0.2, 0) is 15.6 Å². The number of carboxylic acid groups (broad SMARTS) is 1. The van der Waals surface area contributed by atoms with Gasteiger partial charge in [-0.2, -0.15) is 0 Å². The van der Waals surface area contributed by atoms with E-state index < -0.39 is 21.5 Å². The normalized spacial score (nSPS) is 17.0. The summed E-state index contributed by atoms with van der Waals surface area (Å²) in [5.74, 6) is -0.999. The van der Waals surface area contributed by atoms with Crippen LogP contribution in [0, 0.1) is 0 Å². The second kappa shape index (κ2) is 4.03. The highest BCUT2D eigenvalue weighted by atomic mass is 32.2. The second-order valence-electron chi connectivity index (χ2n) is 3.33. The molecule has 0 fully saturated rings. The Morgan fingerprint density at radius 2 is 2.00 bits per heavy atom. The summed E-state index contributed by atoms with van der Waals surface area (Å²) in [4.78, 5) is 10.7. The van der Waals surface area contributed by atoms with Crippen LogP contribution in [-0.4, -0.2) is 25.3 Å². The van der Waals surface area contributed by atoms with Crippen LogP contribution in [0.4, 0.5) is 0 Å². The first-order valence-corrected chi connectivity index (χ1v) is 5.19. The molecule has 2 unspecified atom stereocenters. The van der Waals surface area contributed by atoms with Crippen molar-refractivity contribution in [3.05, 3.63) is 0 Å². The van der Waals surface area contributed by atoms with Crippen molar-refractivity contribution >= 4 is 16.8 Å². The lowest BCUT2D eigenvalue weighted by atomic mass is 10.2. The predicted octanol–water partition coefficient (Wildman–Crippen LogP) is 1.40. The Morgan fingerprint density at radius 1 is 1.58 bits per heavy atom. The van der Waals surface area contributed by atoms with E-state index in [0.717, 1.165) is 6.42 Å². The van der Waals surface area contributed by atoms with E-state index in [1.165, 1.54) is 13.8 Å². The maximum atomic E-state index is 11.6. The molecular formula is C8H16O3S. The fourth-order valence-electron chi connectivity index (χ4n) is 0.740. The topological polar surface area (TPSA) is 54.4 Å². The summed E-state index contributed by atoms with van der Waals surface area (Å²) in [6.45, 7) is 6.70. The monoisotopic (exact) mass is 192 g/mol. The zero-order valence-electron chi connectivity index (χ0n) is 7.96. The molecule has 12 heavy (non-hydrogen) atoms. The van der Waals surface area contributed by atoms with Gasteiger partial charge in [0.05, 0.1) is 0 Å². The second-order valence-corrected chi connectivity index (χ2v) is 5.75. The molecular weight excluding hydrogens is 176 g/mol. The summed E-state index contributed by atoms with van der Waals surface area (Å²) in [5.41, 5.74) is 0. The van der Waals surface area contributed by atoms with Crippen LogP contribution in [0.1, 0.15) is 34.1 Å². The Balaban J connectivity index is 4.57. The van der Waals surface area contributed by atoms with Crippen molar-refractivity contribution in [3.63, 3.8) is 0 Å². The van der Waals surface area contributed by atoms with Gasteiger partial charge in [-0.15, -0.1) is 0 Å². The number of aliphatic carboxylic acids is 1. The van der Waals surface area contributed by atoms with Crippen LogP contribution >= 0.6 is 0 Å². The molecule has 0 aliphatic rings. The molecule has 3 nitrogen and oxygen atoms in total. The van der Waals surface area contributed by atoms with Gasteiger partial charge in [-0.3, -0.25) is 9.00 Å². The molecule has 2 atom stereocenters. The molecule has 0 aromatic rings. The molecule has 0 aliphatic carbocycles. The van der Waals surface area contributed by atoms with Gasteiger partial charge in [-0.25, -0.2) is 0 Å². The van der Waals surface area contributed by atoms with Gasteiger partial charge >= 0.3 is 5.97 Å². The highest BCUT2D eigenvalue weighted by molar-refractivity contribution is 7.87. The molecule has 0 bridgehead atoms. The van der Waals surface area contributed by atoms with Crippen LogP contribution in [0.3, 0.4) is 0 Å². The Hall–Kier alpha value is -0.380. The van der Waals surface area contributed by atoms with Gasteiger partial charge in [0, 0.05) is 16.0 Å². The number of rotatable bonds is 4. The zero-order valence-corrected chi connectivity index (χ0v) is 8.77. The molecule has 0 amide bonds. The third-order valence-corrected chi connectivity index (χ3v) is 4.20. The minimum absolute atomic E-state index is 0.0592. The molecule has 0 aromatic carbocycles. The standard InChI is InChI=1S/C8H16O3S/c1-5-6(2)12(11)8(3,4)7(9)10/h6H,5H2,1-4H3,(H,9,10). The number of carbonyl (C=O) groups is 1. The lowest BCUT2D eigenvalue weighted by Gasteiger charge is -2.22. The van der Waals surface area contributed by atoms with Crippen LogP contribution in [0.25, 0.3) is 0 Å². The summed E-state index contributed by atoms with van der Waals surface area (Å²) < 4.78 is 10.4. The van der Waals surface area contributed by atoms with E-state index in [-0.39, 0.29) is 5.25 Å². The predicted molar refractivity (Wildman–Crippen MR) is 49.6 cm³/mol. The van der Waals surface area contributed by atoms with Crippen LogP contribution in [0.2, 0.25) is 0 Å². The van der Waals surface area contributed by atoms with Crippen molar-refractivity contribution in [1.29, 1.82) is 0 Å². The molecule has 0 saturated carbocycles. The Kier molecular flexibility index (Phi) is 3.90. The van der Waals surface area contributed by atoms with Gasteiger partial charge in [0.25, 0.3) is 0 Å². The van der Waals surface area contributed by atoms with Crippen molar-refractivity contribution in [2.45, 2.75) is 44.1 Å². The third-order valence-electron chi connectivity index (χ3n) is 1.96. The van der Waals surface area contributed by atoms with Crippen molar-refractivity contribution in [1.82, 2.24) is 0 Å². The first kappa shape index (κ1) is 11.6. The maximum absolute atomic E-state index is 11.6. The average Bonchev–Trinajstić information content (AvgIpc) is 2.01. The fraction of sp³-hybridized carbons (Fsp3) is 0.875. The molecule has 0 aromatic heterocycles. The molecule has 0 rings (SSSR count). The third kappa shape index (κ3) is 2.30. The van der Waals surface area contributed by atoms with E-state index in [2.05, 4.69) is 0 Å². The number of hydrogen-bond acceptors (Lipinski definition) is 2.